The van der Waals surface area contributed by atoms with Crippen LogP contribution in [-0.4, -0.2) is 29.2 Å². The lowest BCUT2D eigenvalue weighted by Crippen LogP contribution is -2.25. The number of benzene rings is 1. The highest BCUT2D eigenvalue weighted by Gasteiger charge is 2.19. The van der Waals surface area contributed by atoms with Crippen LogP contribution < -0.4 is 14.2 Å². The van der Waals surface area contributed by atoms with Gasteiger partial charge in [-0.15, -0.1) is 0 Å². The molecule has 21 heavy (non-hydrogen) atoms. The minimum Gasteiger partial charge on any atom is -0.497 e. The Morgan fingerprint density at radius 3 is 2.38 bits per heavy atom. The Morgan fingerprint density at radius 1 is 1.05 bits per heavy atom. The van der Waals surface area contributed by atoms with Crippen LogP contribution in [0.1, 0.15) is 39.0 Å². The molecule has 1 aromatic rings. The predicted molar refractivity (Wildman–Crippen MR) is 83.5 cm³/mol. The van der Waals surface area contributed by atoms with Gasteiger partial charge in [0.05, 0.1) is 14.2 Å². The van der Waals surface area contributed by atoms with Crippen molar-refractivity contribution in [1.82, 2.24) is 4.72 Å². The second-order valence-electron chi connectivity index (χ2n) is 4.83. The first-order valence-corrected chi connectivity index (χ1v) is 8.75. The fourth-order valence-electron chi connectivity index (χ4n) is 2.01. The first-order chi connectivity index (χ1) is 10.0. The molecule has 6 heteroatoms. The van der Waals surface area contributed by atoms with E-state index >= 15 is 0 Å². The Hall–Kier alpha value is -1.27. The van der Waals surface area contributed by atoms with Gasteiger partial charge in [-0.3, -0.25) is 0 Å². The minimum atomic E-state index is -3.55. The van der Waals surface area contributed by atoms with Crippen LogP contribution in [0.3, 0.4) is 0 Å². The Bertz CT molecular complexity index is 528. The molecule has 0 bridgehead atoms. The van der Waals surface area contributed by atoms with Gasteiger partial charge in [0.1, 0.15) is 16.4 Å². The molecule has 120 valence electrons. The molecule has 0 aliphatic rings. The Morgan fingerprint density at radius 2 is 1.76 bits per heavy atom. The molecule has 0 amide bonds. The van der Waals surface area contributed by atoms with Gasteiger partial charge in [0.15, 0.2) is 0 Å². The second kappa shape index (κ2) is 8.89. The summed E-state index contributed by atoms with van der Waals surface area (Å²) < 4.78 is 37.4. The molecule has 1 rings (SSSR count). The maximum absolute atomic E-state index is 12.3. The number of methoxy groups -OCH3 is 2. The fraction of sp³-hybridized carbons (Fsp3) is 0.600. The van der Waals surface area contributed by atoms with Crippen molar-refractivity contribution >= 4 is 10.0 Å². The average molecular weight is 315 g/mol. The quantitative estimate of drug-likeness (QED) is 0.674. The molecule has 0 atom stereocenters. The van der Waals surface area contributed by atoms with Gasteiger partial charge in [-0.05, 0) is 18.6 Å². The van der Waals surface area contributed by atoms with E-state index in [4.69, 9.17) is 9.47 Å². The molecule has 0 aliphatic heterocycles. The van der Waals surface area contributed by atoms with Crippen molar-refractivity contribution in [3.05, 3.63) is 18.2 Å². The van der Waals surface area contributed by atoms with E-state index < -0.39 is 10.0 Å². The molecule has 0 saturated carbocycles. The maximum atomic E-state index is 12.3. The lowest BCUT2D eigenvalue weighted by molar-refractivity contribution is 0.386. The number of unbranched alkanes of at least 4 members (excludes halogenated alkanes) is 4. The molecule has 0 unspecified atom stereocenters. The molecular formula is C15H25NO4S. The third kappa shape index (κ3) is 5.55. The van der Waals surface area contributed by atoms with Crippen molar-refractivity contribution in [2.75, 3.05) is 20.8 Å². The first-order valence-electron chi connectivity index (χ1n) is 7.27. The van der Waals surface area contributed by atoms with E-state index in [2.05, 4.69) is 11.6 Å². The molecule has 0 aliphatic carbocycles. The molecular weight excluding hydrogens is 290 g/mol. The standard InChI is InChI=1S/C15H25NO4S/c1-4-5-6-7-8-11-16-21(17,18)15-10-9-13(19-2)12-14(15)20-3/h9-10,12,16H,4-8,11H2,1-3H3. The van der Waals surface area contributed by atoms with Gasteiger partial charge in [-0.1, -0.05) is 32.6 Å². The van der Waals surface area contributed by atoms with Crippen LogP contribution in [0.15, 0.2) is 23.1 Å². The summed E-state index contributed by atoms with van der Waals surface area (Å²) in [7, 11) is -0.583. The van der Waals surface area contributed by atoms with Gasteiger partial charge < -0.3 is 9.47 Å². The monoisotopic (exact) mass is 315 g/mol. The number of nitrogens with one attached hydrogen (secondary N) is 1. The van der Waals surface area contributed by atoms with E-state index in [1.165, 1.54) is 33.1 Å². The van der Waals surface area contributed by atoms with Gasteiger partial charge in [-0.2, -0.15) is 0 Å². The molecule has 1 aromatic carbocycles. The van der Waals surface area contributed by atoms with Crippen LogP contribution in [0.25, 0.3) is 0 Å². The highest BCUT2D eigenvalue weighted by Crippen LogP contribution is 2.28. The number of hydrogen-bond acceptors (Lipinski definition) is 4. The highest BCUT2D eigenvalue weighted by molar-refractivity contribution is 7.89. The van der Waals surface area contributed by atoms with E-state index in [-0.39, 0.29) is 10.6 Å². The maximum Gasteiger partial charge on any atom is 0.244 e. The van der Waals surface area contributed by atoms with Crippen LogP contribution in [0.4, 0.5) is 0 Å². The summed E-state index contributed by atoms with van der Waals surface area (Å²) in [5.41, 5.74) is 0. The summed E-state index contributed by atoms with van der Waals surface area (Å²) in [6.45, 7) is 2.60. The van der Waals surface area contributed by atoms with E-state index in [1.807, 2.05) is 0 Å². The summed E-state index contributed by atoms with van der Waals surface area (Å²) in [5.74, 6) is 0.846. The van der Waals surface area contributed by atoms with Gasteiger partial charge in [-0.25, -0.2) is 13.1 Å². The summed E-state index contributed by atoms with van der Waals surface area (Å²) in [6, 6.07) is 4.67. The van der Waals surface area contributed by atoms with Crippen LogP contribution in [0, 0.1) is 0 Å². The van der Waals surface area contributed by atoms with Crippen molar-refractivity contribution in [3.63, 3.8) is 0 Å². The lowest BCUT2D eigenvalue weighted by Gasteiger charge is -2.12. The summed E-state index contributed by atoms with van der Waals surface area (Å²) in [4.78, 5) is 0.138. The van der Waals surface area contributed by atoms with E-state index in [1.54, 1.807) is 12.1 Å². The normalized spacial score (nSPS) is 11.4. The summed E-state index contributed by atoms with van der Waals surface area (Å²) in [6.07, 6.45) is 5.39. The number of rotatable bonds is 10. The van der Waals surface area contributed by atoms with Crippen LogP contribution in [0.2, 0.25) is 0 Å². The van der Waals surface area contributed by atoms with Crippen molar-refractivity contribution in [1.29, 1.82) is 0 Å². The minimum absolute atomic E-state index is 0.138. The average Bonchev–Trinajstić information content (AvgIpc) is 2.50. The zero-order valence-electron chi connectivity index (χ0n) is 13.0. The van der Waals surface area contributed by atoms with Crippen LogP contribution >= 0.6 is 0 Å². The van der Waals surface area contributed by atoms with Gasteiger partial charge >= 0.3 is 0 Å². The van der Waals surface area contributed by atoms with Crippen molar-refractivity contribution in [2.45, 2.75) is 43.9 Å². The highest BCUT2D eigenvalue weighted by atomic mass is 32.2. The zero-order valence-corrected chi connectivity index (χ0v) is 13.8. The molecule has 0 saturated heterocycles. The second-order valence-corrected chi connectivity index (χ2v) is 6.56. The summed E-state index contributed by atoms with van der Waals surface area (Å²) in [5, 5.41) is 0. The molecule has 0 radical (unpaired) electrons. The topological polar surface area (TPSA) is 64.6 Å². The van der Waals surface area contributed by atoms with Gasteiger partial charge in [0, 0.05) is 12.6 Å². The van der Waals surface area contributed by atoms with Crippen molar-refractivity contribution < 1.29 is 17.9 Å². The zero-order chi connectivity index (χ0) is 15.7. The Kier molecular flexibility index (Phi) is 7.53. The molecule has 0 fully saturated rings. The van der Waals surface area contributed by atoms with Gasteiger partial charge in [0.2, 0.25) is 10.0 Å². The molecule has 0 aromatic heterocycles. The van der Waals surface area contributed by atoms with Crippen LogP contribution in [0.5, 0.6) is 11.5 Å². The van der Waals surface area contributed by atoms with Gasteiger partial charge in [0.25, 0.3) is 0 Å². The molecule has 0 heterocycles. The fourth-order valence-corrected chi connectivity index (χ4v) is 3.23. The van der Waals surface area contributed by atoms with Crippen LogP contribution in [-0.2, 0) is 10.0 Å². The third-order valence-corrected chi connectivity index (χ3v) is 4.73. The van der Waals surface area contributed by atoms with Crippen molar-refractivity contribution in [2.24, 2.45) is 0 Å². The predicted octanol–water partition coefficient (Wildman–Crippen LogP) is 2.95. The number of hydrogen-bond donors (Lipinski definition) is 1. The largest absolute Gasteiger partial charge is 0.497 e. The third-order valence-electron chi connectivity index (χ3n) is 3.23. The summed E-state index contributed by atoms with van der Waals surface area (Å²) >= 11 is 0. The van der Waals surface area contributed by atoms with Crippen molar-refractivity contribution in [3.8, 4) is 11.5 Å². The van der Waals surface area contributed by atoms with E-state index in [9.17, 15) is 8.42 Å². The number of ether oxygens (including phenoxy) is 2. The molecule has 1 N–H and O–H groups in total. The molecule has 0 spiro atoms. The Labute approximate surface area is 127 Å². The van der Waals surface area contributed by atoms with E-state index in [0.29, 0.717) is 12.3 Å². The molecule has 5 nitrogen and oxygen atoms in total. The first kappa shape index (κ1) is 17.8. The number of sulfonamides is 1. The SMILES string of the molecule is CCCCCCCNS(=O)(=O)c1ccc(OC)cc1OC. The Balaban J connectivity index is 2.65. The van der Waals surface area contributed by atoms with E-state index in [0.717, 1.165) is 19.3 Å². The smallest absolute Gasteiger partial charge is 0.244 e. The lowest BCUT2D eigenvalue weighted by atomic mass is 10.2.